The molecule has 0 aliphatic rings. The van der Waals surface area contributed by atoms with E-state index in [1.54, 1.807) is 7.11 Å². The second-order valence-corrected chi connectivity index (χ2v) is 5.04. The highest BCUT2D eigenvalue weighted by molar-refractivity contribution is 8.00. The molecule has 0 aliphatic heterocycles. The SMILES string of the molecule is CCCC[C@H](Sc1ccc(OC)cc1)C(=O)O. The van der Waals surface area contributed by atoms with Crippen molar-refractivity contribution >= 4 is 17.7 Å². The van der Waals surface area contributed by atoms with Gasteiger partial charge in [0.15, 0.2) is 0 Å². The molecule has 0 unspecified atom stereocenters. The molecule has 4 heteroatoms. The van der Waals surface area contributed by atoms with Crippen molar-refractivity contribution in [2.24, 2.45) is 0 Å². The fourth-order valence-electron chi connectivity index (χ4n) is 1.44. The summed E-state index contributed by atoms with van der Waals surface area (Å²) in [6.45, 7) is 2.07. The maximum Gasteiger partial charge on any atom is 0.316 e. The van der Waals surface area contributed by atoms with Gasteiger partial charge in [0.2, 0.25) is 0 Å². The smallest absolute Gasteiger partial charge is 0.316 e. The molecule has 0 heterocycles. The summed E-state index contributed by atoms with van der Waals surface area (Å²) in [6, 6.07) is 7.49. The molecule has 1 N–H and O–H groups in total. The van der Waals surface area contributed by atoms with E-state index in [1.165, 1.54) is 11.8 Å². The van der Waals surface area contributed by atoms with Gasteiger partial charge in [-0.15, -0.1) is 11.8 Å². The summed E-state index contributed by atoms with van der Waals surface area (Å²) in [4.78, 5) is 12.1. The highest BCUT2D eigenvalue weighted by Crippen LogP contribution is 2.28. The van der Waals surface area contributed by atoms with Crippen LogP contribution in [0.15, 0.2) is 29.2 Å². The van der Waals surface area contributed by atoms with E-state index < -0.39 is 5.97 Å². The molecule has 0 fully saturated rings. The Hall–Kier alpha value is -1.16. The van der Waals surface area contributed by atoms with Crippen LogP contribution in [0.25, 0.3) is 0 Å². The van der Waals surface area contributed by atoms with Crippen molar-refractivity contribution in [3.8, 4) is 5.75 Å². The fourth-order valence-corrected chi connectivity index (χ4v) is 2.45. The molecule has 17 heavy (non-hydrogen) atoms. The Morgan fingerprint density at radius 1 is 1.41 bits per heavy atom. The number of hydrogen-bond donors (Lipinski definition) is 1. The minimum Gasteiger partial charge on any atom is -0.497 e. The molecule has 0 amide bonds. The Morgan fingerprint density at radius 3 is 2.53 bits per heavy atom. The van der Waals surface area contributed by atoms with Crippen molar-refractivity contribution in [1.29, 1.82) is 0 Å². The first-order chi connectivity index (χ1) is 8.17. The molecule has 0 saturated carbocycles. The molecular formula is C13H18O3S. The number of carboxylic acids is 1. The molecule has 0 aromatic heterocycles. The predicted octanol–water partition coefficient (Wildman–Crippen LogP) is 3.43. The lowest BCUT2D eigenvalue weighted by Gasteiger charge is -2.11. The summed E-state index contributed by atoms with van der Waals surface area (Å²) in [6.07, 6.45) is 2.68. The summed E-state index contributed by atoms with van der Waals surface area (Å²) in [5.41, 5.74) is 0. The Balaban J connectivity index is 2.61. The first kappa shape index (κ1) is 13.9. The Bertz CT molecular complexity index is 348. The third-order valence-corrected chi connectivity index (χ3v) is 3.70. The van der Waals surface area contributed by atoms with Gasteiger partial charge in [0.05, 0.1) is 7.11 Å². The number of benzene rings is 1. The summed E-state index contributed by atoms with van der Waals surface area (Å²) < 4.78 is 5.06. The Kier molecular flexibility index (Phi) is 5.91. The summed E-state index contributed by atoms with van der Waals surface area (Å²) in [7, 11) is 1.61. The van der Waals surface area contributed by atoms with Gasteiger partial charge >= 0.3 is 5.97 Å². The van der Waals surface area contributed by atoms with E-state index in [0.717, 1.165) is 23.5 Å². The molecular weight excluding hydrogens is 236 g/mol. The van der Waals surface area contributed by atoms with Crippen LogP contribution < -0.4 is 4.74 Å². The van der Waals surface area contributed by atoms with E-state index in [0.29, 0.717) is 6.42 Å². The van der Waals surface area contributed by atoms with Crippen LogP contribution in [0.1, 0.15) is 26.2 Å². The van der Waals surface area contributed by atoms with Gasteiger partial charge in [0.1, 0.15) is 11.0 Å². The predicted molar refractivity (Wildman–Crippen MR) is 69.8 cm³/mol. The Morgan fingerprint density at radius 2 is 2.06 bits per heavy atom. The molecule has 94 valence electrons. The molecule has 0 saturated heterocycles. The average Bonchev–Trinajstić information content (AvgIpc) is 2.35. The number of carbonyl (C=O) groups is 1. The molecule has 1 aromatic rings. The van der Waals surface area contributed by atoms with Gasteiger partial charge in [-0.2, -0.15) is 0 Å². The van der Waals surface area contributed by atoms with Gasteiger partial charge in [-0.05, 0) is 30.7 Å². The first-order valence-electron chi connectivity index (χ1n) is 5.71. The van der Waals surface area contributed by atoms with Crippen LogP contribution in [0.5, 0.6) is 5.75 Å². The van der Waals surface area contributed by atoms with Gasteiger partial charge < -0.3 is 9.84 Å². The number of rotatable bonds is 7. The third kappa shape index (κ3) is 4.69. The second kappa shape index (κ2) is 7.22. The molecule has 3 nitrogen and oxygen atoms in total. The molecule has 0 radical (unpaired) electrons. The zero-order valence-corrected chi connectivity index (χ0v) is 11.0. The lowest BCUT2D eigenvalue weighted by atomic mass is 10.2. The van der Waals surface area contributed by atoms with E-state index in [4.69, 9.17) is 9.84 Å². The van der Waals surface area contributed by atoms with Crippen molar-refractivity contribution in [2.75, 3.05) is 7.11 Å². The number of hydrogen-bond acceptors (Lipinski definition) is 3. The van der Waals surface area contributed by atoms with Gasteiger partial charge in [-0.1, -0.05) is 19.8 Å². The summed E-state index contributed by atoms with van der Waals surface area (Å²) >= 11 is 1.40. The molecule has 0 aliphatic carbocycles. The zero-order chi connectivity index (χ0) is 12.7. The van der Waals surface area contributed by atoms with Gasteiger partial charge in [0.25, 0.3) is 0 Å². The minimum atomic E-state index is -0.737. The van der Waals surface area contributed by atoms with E-state index in [9.17, 15) is 4.79 Å². The standard InChI is InChI=1S/C13H18O3S/c1-3-4-5-12(13(14)15)17-11-8-6-10(16-2)7-9-11/h6-9,12H,3-5H2,1-2H3,(H,14,15)/t12-/m0/s1. The van der Waals surface area contributed by atoms with Crippen molar-refractivity contribution in [3.05, 3.63) is 24.3 Å². The normalized spacial score (nSPS) is 12.1. The van der Waals surface area contributed by atoms with Crippen LogP contribution in [0, 0.1) is 0 Å². The van der Waals surface area contributed by atoms with Gasteiger partial charge in [-0.3, -0.25) is 4.79 Å². The second-order valence-electron chi connectivity index (χ2n) is 3.76. The van der Waals surface area contributed by atoms with E-state index in [1.807, 2.05) is 24.3 Å². The maximum absolute atomic E-state index is 11.1. The molecule has 1 atom stereocenters. The molecule has 0 bridgehead atoms. The van der Waals surface area contributed by atoms with E-state index in [2.05, 4.69) is 6.92 Å². The first-order valence-corrected chi connectivity index (χ1v) is 6.58. The average molecular weight is 254 g/mol. The van der Waals surface area contributed by atoms with E-state index in [-0.39, 0.29) is 5.25 Å². The number of ether oxygens (including phenoxy) is 1. The zero-order valence-electron chi connectivity index (χ0n) is 10.2. The van der Waals surface area contributed by atoms with Crippen molar-refractivity contribution in [2.45, 2.75) is 36.3 Å². The lowest BCUT2D eigenvalue weighted by Crippen LogP contribution is -2.15. The number of thioether (sulfide) groups is 1. The quantitative estimate of drug-likeness (QED) is 0.757. The Labute approximate surface area is 106 Å². The summed E-state index contributed by atoms with van der Waals surface area (Å²) in [5, 5.41) is 8.76. The van der Waals surface area contributed by atoms with Crippen LogP contribution in [0.4, 0.5) is 0 Å². The lowest BCUT2D eigenvalue weighted by molar-refractivity contribution is -0.136. The minimum absolute atomic E-state index is 0.358. The summed E-state index contributed by atoms with van der Waals surface area (Å²) in [5.74, 6) is 0.0500. The van der Waals surface area contributed by atoms with Crippen molar-refractivity contribution < 1.29 is 14.6 Å². The van der Waals surface area contributed by atoms with E-state index >= 15 is 0 Å². The number of methoxy groups -OCH3 is 1. The molecule has 0 spiro atoms. The van der Waals surface area contributed by atoms with Crippen LogP contribution in [-0.2, 0) is 4.79 Å². The number of unbranched alkanes of at least 4 members (excludes halogenated alkanes) is 1. The number of carboxylic acid groups (broad SMARTS) is 1. The molecule has 1 rings (SSSR count). The monoisotopic (exact) mass is 254 g/mol. The van der Waals surface area contributed by atoms with Crippen LogP contribution >= 0.6 is 11.8 Å². The van der Waals surface area contributed by atoms with Crippen molar-refractivity contribution in [3.63, 3.8) is 0 Å². The number of aliphatic carboxylic acids is 1. The van der Waals surface area contributed by atoms with Crippen LogP contribution in [0.2, 0.25) is 0 Å². The van der Waals surface area contributed by atoms with Gasteiger partial charge in [0, 0.05) is 4.90 Å². The highest BCUT2D eigenvalue weighted by Gasteiger charge is 2.17. The van der Waals surface area contributed by atoms with Crippen LogP contribution in [-0.4, -0.2) is 23.4 Å². The van der Waals surface area contributed by atoms with Crippen molar-refractivity contribution in [1.82, 2.24) is 0 Å². The maximum atomic E-state index is 11.1. The highest BCUT2D eigenvalue weighted by atomic mass is 32.2. The van der Waals surface area contributed by atoms with Gasteiger partial charge in [-0.25, -0.2) is 0 Å². The molecule has 1 aromatic carbocycles. The fraction of sp³-hybridized carbons (Fsp3) is 0.462. The largest absolute Gasteiger partial charge is 0.497 e. The van der Waals surface area contributed by atoms with Crippen LogP contribution in [0.3, 0.4) is 0 Å². The third-order valence-electron chi connectivity index (χ3n) is 2.43. The topological polar surface area (TPSA) is 46.5 Å².